The molecule has 1 atom stereocenters. The molecule has 0 radical (unpaired) electrons. The second-order valence-electron chi connectivity index (χ2n) is 5.09. The molecular formula is C13H16ClN3O3. The summed E-state index contributed by atoms with van der Waals surface area (Å²) in [6, 6.07) is 4.16. The third-order valence-electron chi connectivity index (χ3n) is 3.52. The fourth-order valence-corrected chi connectivity index (χ4v) is 2.50. The highest BCUT2D eigenvalue weighted by atomic mass is 35.5. The van der Waals surface area contributed by atoms with Crippen molar-refractivity contribution < 1.29 is 9.72 Å². The van der Waals surface area contributed by atoms with Gasteiger partial charge in [-0.1, -0.05) is 11.6 Å². The number of hydrogen-bond donors (Lipinski definition) is 2. The van der Waals surface area contributed by atoms with Crippen LogP contribution < -0.4 is 10.6 Å². The predicted molar refractivity (Wildman–Crippen MR) is 77.0 cm³/mol. The largest absolute Gasteiger partial charge is 0.324 e. The maximum absolute atomic E-state index is 12.3. The Kier molecular flexibility index (Phi) is 4.25. The van der Waals surface area contributed by atoms with Crippen LogP contribution in [0.4, 0.5) is 11.4 Å². The van der Waals surface area contributed by atoms with Gasteiger partial charge in [0.15, 0.2) is 0 Å². The van der Waals surface area contributed by atoms with Gasteiger partial charge in [-0.05, 0) is 44.9 Å². The van der Waals surface area contributed by atoms with E-state index < -0.39 is 10.5 Å². The molecule has 7 heteroatoms. The van der Waals surface area contributed by atoms with Crippen LogP contribution in [0.3, 0.4) is 0 Å². The van der Waals surface area contributed by atoms with Gasteiger partial charge in [-0.2, -0.15) is 0 Å². The first kappa shape index (κ1) is 14.7. The smallest absolute Gasteiger partial charge is 0.288 e. The van der Waals surface area contributed by atoms with Crippen molar-refractivity contribution in [1.29, 1.82) is 0 Å². The molecule has 0 saturated carbocycles. The zero-order valence-electron chi connectivity index (χ0n) is 11.1. The molecule has 0 aromatic heterocycles. The number of benzene rings is 1. The average Bonchev–Trinajstić information content (AvgIpc) is 2.39. The van der Waals surface area contributed by atoms with Crippen LogP contribution in [0.2, 0.25) is 5.02 Å². The van der Waals surface area contributed by atoms with E-state index in [9.17, 15) is 14.9 Å². The minimum atomic E-state index is -0.605. The van der Waals surface area contributed by atoms with Crippen molar-refractivity contribution in [2.45, 2.75) is 31.7 Å². The molecule has 1 fully saturated rings. The van der Waals surface area contributed by atoms with Crippen LogP contribution in [0.15, 0.2) is 18.2 Å². The lowest BCUT2D eigenvalue weighted by Crippen LogP contribution is -2.54. The van der Waals surface area contributed by atoms with Gasteiger partial charge in [0.1, 0.15) is 5.02 Å². The van der Waals surface area contributed by atoms with Crippen LogP contribution in [0, 0.1) is 10.1 Å². The van der Waals surface area contributed by atoms with Gasteiger partial charge in [-0.3, -0.25) is 14.9 Å². The van der Waals surface area contributed by atoms with Crippen LogP contribution in [0.1, 0.15) is 26.2 Å². The zero-order valence-corrected chi connectivity index (χ0v) is 11.9. The van der Waals surface area contributed by atoms with Crippen molar-refractivity contribution in [3.05, 3.63) is 33.3 Å². The van der Waals surface area contributed by atoms with E-state index in [0.717, 1.165) is 25.8 Å². The average molecular weight is 298 g/mol. The molecule has 108 valence electrons. The zero-order chi connectivity index (χ0) is 14.8. The summed E-state index contributed by atoms with van der Waals surface area (Å²) in [5.41, 5.74) is -0.321. The Labute approximate surface area is 121 Å². The molecule has 1 heterocycles. The highest BCUT2D eigenvalue weighted by Crippen LogP contribution is 2.28. The van der Waals surface area contributed by atoms with Gasteiger partial charge in [0.05, 0.1) is 10.5 Å². The summed E-state index contributed by atoms with van der Waals surface area (Å²) >= 11 is 5.82. The first-order valence-corrected chi connectivity index (χ1v) is 6.80. The molecule has 0 aliphatic carbocycles. The summed E-state index contributed by atoms with van der Waals surface area (Å²) in [4.78, 5) is 22.4. The van der Waals surface area contributed by atoms with Crippen molar-refractivity contribution in [3.8, 4) is 0 Å². The molecule has 1 saturated heterocycles. The van der Waals surface area contributed by atoms with E-state index in [1.54, 1.807) is 0 Å². The molecule has 1 aliphatic heterocycles. The Morgan fingerprint density at radius 2 is 2.25 bits per heavy atom. The summed E-state index contributed by atoms with van der Waals surface area (Å²) in [6.07, 6.45) is 2.82. The number of hydrogen-bond acceptors (Lipinski definition) is 4. The van der Waals surface area contributed by atoms with Crippen molar-refractivity contribution in [1.82, 2.24) is 5.32 Å². The lowest BCUT2D eigenvalue weighted by atomic mass is 9.90. The first-order valence-electron chi connectivity index (χ1n) is 6.43. The highest BCUT2D eigenvalue weighted by molar-refractivity contribution is 6.33. The Bertz CT molecular complexity index is 542. The molecule has 0 spiro atoms. The Morgan fingerprint density at radius 3 is 2.80 bits per heavy atom. The summed E-state index contributed by atoms with van der Waals surface area (Å²) < 4.78 is 0. The second-order valence-corrected chi connectivity index (χ2v) is 5.50. The number of nitrogens with one attached hydrogen (secondary N) is 2. The van der Waals surface area contributed by atoms with Gasteiger partial charge in [-0.25, -0.2) is 0 Å². The quantitative estimate of drug-likeness (QED) is 0.663. The van der Waals surface area contributed by atoms with E-state index in [4.69, 9.17) is 11.6 Å². The number of carbonyl (C=O) groups excluding carboxylic acids is 1. The number of nitro groups is 1. The number of anilines is 1. The van der Waals surface area contributed by atoms with Gasteiger partial charge < -0.3 is 10.6 Å². The number of nitro benzene ring substituents is 1. The van der Waals surface area contributed by atoms with Crippen molar-refractivity contribution in [2.24, 2.45) is 0 Å². The summed E-state index contributed by atoms with van der Waals surface area (Å²) in [7, 11) is 0. The predicted octanol–water partition coefficient (Wildman–Crippen LogP) is 2.72. The standard InChI is InChI=1S/C13H16ClN3O3/c1-13(6-2-3-7-15-13)12(18)16-9-4-5-11(17(19)20)10(14)8-9/h4-5,8,15H,2-3,6-7H2,1H3,(H,16,18). The van der Waals surface area contributed by atoms with E-state index in [-0.39, 0.29) is 16.6 Å². The molecule has 2 N–H and O–H groups in total. The first-order chi connectivity index (χ1) is 9.42. The summed E-state index contributed by atoms with van der Waals surface area (Å²) in [5.74, 6) is -0.151. The van der Waals surface area contributed by atoms with E-state index >= 15 is 0 Å². The van der Waals surface area contributed by atoms with Crippen LogP contribution in [0.5, 0.6) is 0 Å². The number of halogens is 1. The third-order valence-corrected chi connectivity index (χ3v) is 3.82. The molecule has 1 amide bonds. The highest BCUT2D eigenvalue weighted by Gasteiger charge is 2.34. The Hall–Kier alpha value is -1.66. The third kappa shape index (κ3) is 3.08. The van der Waals surface area contributed by atoms with Crippen molar-refractivity contribution >= 4 is 28.9 Å². The van der Waals surface area contributed by atoms with Crippen LogP contribution in [0.25, 0.3) is 0 Å². The lowest BCUT2D eigenvalue weighted by Gasteiger charge is -2.33. The second kappa shape index (κ2) is 5.76. The minimum absolute atomic E-state index is 0.00885. The Morgan fingerprint density at radius 1 is 1.50 bits per heavy atom. The number of carbonyl (C=O) groups is 1. The number of piperidine rings is 1. The molecule has 20 heavy (non-hydrogen) atoms. The molecule has 1 unspecified atom stereocenters. The van der Waals surface area contributed by atoms with E-state index in [1.807, 2.05) is 6.92 Å². The maximum Gasteiger partial charge on any atom is 0.288 e. The number of amides is 1. The van der Waals surface area contributed by atoms with E-state index in [0.29, 0.717) is 5.69 Å². The van der Waals surface area contributed by atoms with Crippen LogP contribution >= 0.6 is 11.6 Å². The molecule has 2 rings (SSSR count). The number of rotatable bonds is 3. The molecule has 6 nitrogen and oxygen atoms in total. The summed E-state index contributed by atoms with van der Waals surface area (Å²) in [5, 5.41) is 16.6. The van der Waals surface area contributed by atoms with Gasteiger partial charge in [-0.15, -0.1) is 0 Å². The lowest BCUT2D eigenvalue weighted by molar-refractivity contribution is -0.384. The molecule has 1 aromatic carbocycles. The Balaban J connectivity index is 2.12. The topological polar surface area (TPSA) is 84.3 Å². The SMILES string of the molecule is CC1(C(=O)Nc2ccc([N+](=O)[O-])c(Cl)c2)CCCCN1. The number of nitrogens with zero attached hydrogens (tertiary/aromatic N) is 1. The van der Waals surface area contributed by atoms with Gasteiger partial charge >= 0.3 is 0 Å². The molecule has 1 aliphatic rings. The molecule has 0 bridgehead atoms. The van der Waals surface area contributed by atoms with E-state index in [2.05, 4.69) is 10.6 Å². The van der Waals surface area contributed by atoms with Crippen LogP contribution in [-0.4, -0.2) is 22.9 Å². The van der Waals surface area contributed by atoms with Crippen molar-refractivity contribution in [3.63, 3.8) is 0 Å². The summed E-state index contributed by atoms with van der Waals surface area (Å²) in [6.45, 7) is 2.67. The van der Waals surface area contributed by atoms with Crippen molar-refractivity contribution in [2.75, 3.05) is 11.9 Å². The van der Waals surface area contributed by atoms with Gasteiger partial charge in [0.2, 0.25) is 5.91 Å². The fourth-order valence-electron chi connectivity index (χ4n) is 2.25. The maximum atomic E-state index is 12.3. The molecular weight excluding hydrogens is 282 g/mol. The minimum Gasteiger partial charge on any atom is -0.324 e. The van der Waals surface area contributed by atoms with Crippen LogP contribution in [-0.2, 0) is 4.79 Å². The molecule has 1 aromatic rings. The normalized spacial score (nSPS) is 22.3. The van der Waals surface area contributed by atoms with Gasteiger partial charge in [0.25, 0.3) is 5.69 Å². The van der Waals surface area contributed by atoms with E-state index in [1.165, 1.54) is 18.2 Å². The van der Waals surface area contributed by atoms with Gasteiger partial charge in [0, 0.05) is 11.8 Å². The monoisotopic (exact) mass is 297 g/mol. The fraction of sp³-hybridized carbons (Fsp3) is 0.462.